The molecule has 1 unspecified atom stereocenters. The maximum atomic E-state index is 13.4. The molecule has 1 aliphatic heterocycles. The zero-order valence-electron chi connectivity index (χ0n) is 19.3. The van der Waals surface area contributed by atoms with Gasteiger partial charge in [0.25, 0.3) is 11.7 Å². The molecule has 3 rings (SSSR count). The quantitative estimate of drug-likeness (QED) is 0.353. The van der Waals surface area contributed by atoms with Crippen molar-refractivity contribution >= 4 is 17.4 Å². The van der Waals surface area contributed by atoms with Gasteiger partial charge in [0.2, 0.25) is 0 Å². The van der Waals surface area contributed by atoms with Gasteiger partial charge < -0.3 is 24.4 Å². The number of carbonyl (C=O) groups excluding carboxylic acids is 2. The van der Waals surface area contributed by atoms with E-state index in [1.165, 1.54) is 43.4 Å². The van der Waals surface area contributed by atoms with Crippen molar-refractivity contribution in [2.75, 3.05) is 40.4 Å². The Morgan fingerprint density at radius 3 is 2.30 bits per heavy atom. The number of aliphatic hydroxyl groups is 1. The fourth-order valence-electron chi connectivity index (χ4n) is 4.04. The number of ketones is 1. The molecular formula is C25H29FN2O5. The van der Waals surface area contributed by atoms with Gasteiger partial charge in [0.1, 0.15) is 23.1 Å². The minimum atomic E-state index is -0.893. The van der Waals surface area contributed by atoms with Crippen LogP contribution in [0.3, 0.4) is 0 Å². The third-order valence-electron chi connectivity index (χ3n) is 5.94. The van der Waals surface area contributed by atoms with E-state index in [4.69, 9.17) is 9.47 Å². The number of Topliss-reactive ketones (excluding diaryl/α,β-unsaturated/α-hetero) is 1. The summed E-state index contributed by atoms with van der Waals surface area (Å²) in [7, 11) is 3.01. The number of nitrogens with zero attached hydrogens (tertiary/aromatic N) is 2. The first-order valence-electron chi connectivity index (χ1n) is 10.8. The molecule has 1 atom stereocenters. The Labute approximate surface area is 193 Å². The fraction of sp³-hybridized carbons (Fsp3) is 0.360. The lowest BCUT2D eigenvalue weighted by Gasteiger charge is -2.29. The van der Waals surface area contributed by atoms with E-state index in [9.17, 15) is 19.1 Å². The summed E-state index contributed by atoms with van der Waals surface area (Å²) in [5.74, 6) is -1.39. The van der Waals surface area contributed by atoms with E-state index >= 15 is 0 Å². The molecule has 0 spiro atoms. The van der Waals surface area contributed by atoms with Gasteiger partial charge in [0, 0.05) is 24.2 Å². The predicted octanol–water partition coefficient (Wildman–Crippen LogP) is 3.61. The first kappa shape index (κ1) is 24.3. The zero-order valence-corrected chi connectivity index (χ0v) is 19.3. The Kier molecular flexibility index (Phi) is 7.71. The molecule has 1 amide bonds. The minimum absolute atomic E-state index is 0.0716. The lowest BCUT2D eigenvalue weighted by Crippen LogP contribution is -2.38. The Morgan fingerprint density at radius 2 is 1.73 bits per heavy atom. The number of likely N-dealkylation sites (tertiary alicyclic amines) is 1. The van der Waals surface area contributed by atoms with E-state index in [0.29, 0.717) is 23.6 Å². The van der Waals surface area contributed by atoms with Crippen LogP contribution in [0.2, 0.25) is 0 Å². The van der Waals surface area contributed by atoms with Crippen LogP contribution in [0.25, 0.3) is 5.76 Å². The van der Waals surface area contributed by atoms with Gasteiger partial charge in [0.05, 0.1) is 25.8 Å². The number of likely N-dealkylation sites (N-methyl/N-ethyl adjacent to an activating group) is 1. The van der Waals surface area contributed by atoms with E-state index < -0.39 is 23.5 Å². The van der Waals surface area contributed by atoms with E-state index in [1.54, 1.807) is 18.2 Å². The van der Waals surface area contributed by atoms with Gasteiger partial charge in [-0.15, -0.1) is 0 Å². The molecule has 0 aliphatic carbocycles. The second-order valence-corrected chi connectivity index (χ2v) is 7.63. The van der Waals surface area contributed by atoms with Crippen LogP contribution < -0.4 is 9.47 Å². The van der Waals surface area contributed by atoms with Crippen molar-refractivity contribution in [3.05, 3.63) is 65.0 Å². The molecule has 0 radical (unpaired) electrons. The maximum absolute atomic E-state index is 13.4. The number of ether oxygens (including phenoxy) is 2. The van der Waals surface area contributed by atoms with E-state index in [1.807, 2.05) is 13.8 Å². The van der Waals surface area contributed by atoms with Gasteiger partial charge >= 0.3 is 0 Å². The van der Waals surface area contributed by atoms with E-state index in [2.05, 4.69) is 4.90 Å². The SMILES string of the molecule is CCN(CC)CCN1C(=O)C(=O)/C(=C(\O)c2ccc(F)cc2)C1c1cc(OC)ccc1OC. The first-order chi connectivity index (χ1) is 15.9. The highest BCUT2D eigenvalue weighted by atomic mass is 19.1. The number of rotatable bonds is 9. The van der Waals surface area contributed by atoms with Crippen molar-refractivity contribution in [2.24, 2.45) is 0 Å². The Balaban J connectivity index is 2.19. The number of methoxy groups -OCH3 is 2. The zero-order chi connectivity index (χ0) is 24.1. The average molecular weight is 457 g/mol. The summed E-state index contributed by atoms with van der Waals surface area (Å²) in [5.41, 5.74) is 0.682. The minimum Gasteiger partial charge on any atom is -0.507 e. The van der Waals surface area contributed by atoms with Crippen LogP contribution in [0, 0.1) is 5.82 Å². The summed E-state index contributed by atoms with van der Waals surface area (Å²) < 4.78 is 24.3. The molecule has 1 N–H and O–H groups in total. The number of carbonyl (C=O) groups is 2. The average Bonchev–Trinajstić information content (AvgIpc) is 3.09. The molecule has 1 fully saturated rings. The van der Waals surface area contributed by atoms with Crippen LogP contribution in [-0.4, -0.2) is 67.0 Å². The van der Waals surface area contributed by atoms with Crippen molar-refractivity contribution in [3.8, 4) is 11.5 Å². The van der Waals surface area contributed by atoms with Gasteiger partial charge in [-0.25, -0.2) is 4.39 Å². The molecule has 0 bridgehead atoms. The summed E-state index contributed by atoms with van der Waals surface area (Å²) in [5, 5.41) is 11.1. The number of benzene rings is 2. The lowest BCUT2D eigenvalue weighted by molar-refractivity contribution is -0.140. The van der Waals surface area contributed by atoms with Crippen LogP contribution in [-0.2, 0) is 9.59 Å². The van der Waals surface area contributed by atoms with E-state index in [-0.39, 0.29) is 23.4 Å². The highest BCUT2D eigenvalue weighted by Crippen LogP contribution is 2.43. The highest BCUT2D eigenvalue weighted by molar-refractivity contribution is 6.46. The van der Waals surface area contributed by atoms with E-state index in [0.717, 1.165) is 13.1 Å². The summed E-state index contributed by atoms with van der Waals surface area (Å²) in [6.07, 6.45) is 0. The number of hydrogen-bond donors (Lipinski definition) is 1. The topological polar surface area (TPSA) is 79.3 Å². The molecular weight excluding hydrogens is 427 g/mol. The summed E-state index contributed by atoms with van der Waals surface area (Å²) in [4.78, 5) is 29.9. The van der Waals surface area contributed by atoms with Gasteiger partial charge in [-0.2, -0.15) is 0 Å². The van der Waals surface area contributed by atoms with Crippen molar-refractivity contribution in [1.82, 2.24) is 9.80 Å². The first-order valence-corrected chi connectivity index (χ1v) is 10.8. The standard InChI is InChI=1S/C25H29FN2O5/c1-5-27(6-2)13-14-28-22(19-15-18(32-3)11-12-20(19)33-4)21(24(30)25(28)31)23(29)16-7-9-17(26)10-8-16/h7-12,15,22,29H,5-6,13-14H2,1-4H3/b23-21-. The summed E-state index contributed by atoms with van der Waals surface area (Å²) in [6.45, 7) is 6.46. The maximum Gasteiger partial charge on any atom is 0.295 e. The molecule has 2 aromatic rings. The van der Waals surface area contributed by atoms with Crippen LogP contribution in [0.5, 0.6) is 11.5 Å². The molecule has 0 saturated carbocycles. The predicted molar refractivity (Wildman–Crippen MR) is 123 cm³/mol. The Bertz CT molecular complexity index is 1050. The third-order valence-corrected chi connectivity index (χ3v) is 5.94. The second-order valence-electron chi connectivity index (χ2n) is 7.63. The molecule has 33 heavy (non-hydrogen) atoms. The highest BCUT2D eigenvalue weighted by Gasteiger charge is 2.47. The summed E-state index contributed by atoms with van der Waals surface area (Å²) >= 11 is 0. The number of halogens is 1. The third kappa shape index (κ3) is 4.85. The van der Waals surface area contributed by atoms with Crippen molar-refractivity contribution in [1.29, 1.82) is 0 Å². The van der Waals surface area contributed by atoms with Crippen LogP contribution in [0.4, 0.5) is 4.39 Å². The molecule has 0 aromatic heterocycles. The molecule has 8 heteroatoms. The van der Waals surface area contributed by atoms with Crippen molar-refractivity contribution in [2.45, 2.75) is 19.9 Å². The monoisotopic (exact) mass is 456 g/mol. The van der Waals surface area contributed by atoms with Crippen LogP contribution in [0.1, 0.15) is 31.0 Å². The van der Waals surface area contributed by atoms with Gasteiger partial charge in [-0.1, -0.05) is 13.8 Å². The number of amides is 1. The molecule has 176 valence electrons. The molecule has 1 aliphatic rings. The van der Waals surface area contributed by atoms with Gasteiger partial charge in [0.15, 0.2) is 0 Å². The lowest BCUT2D eigenvalue weighted by atomic mass is 9.94. The molecule has 1 heterocycles. The summed E-state index contributed by atoms with van der Waals surface area (Å²) in [6, 6.07) is 9.32. The smallest absolute Gasteiger partial charge is 0.295 e. The molecule has 1 saturated heterocycles. The number of aliphatic hydroxyl groups excluding tert-OH is 1. The van der Waals surface area contributed by atoms with Crippen LogP contribution in [0.15, 0.2) is 48.0 Å². The molecule has 2 aromatic carbocycles. The Morgan fingerprint density at radius 1 is 1.06 bits per heavy atom. The molecule has 7 nitrogen and oxygen atoms in total. The fourth-order valence-corrected chi connectivity index (χ4v) is 4.04. The van der Waals surface area contributed by atoms with Gasteiger partial charge in [-0.3, -0.25) is 9.59 Å². The van der Waals surface area contributed by atoms with Crippen molar-refractivity contribution in [3.63, 3.8) is 0 Å². The largest absolute Gasteiger partial charge is 0.507 e. The second kappa shape index (κ2) is 10.5. The van der Waals surface area contributed by atoms with Crippen LogP contribution >= 0.6 is 0 Å². The van der Waals surface area contributed by atoms with Crippen molar-refractivity contribution < 1.29 is 28.6 Å². The normalized spacial score (nSPS) is 17.6. The number of hydrogen-bond acceptors (Lipinski definition) is 6. The van der Waals surface area contributed by atoms with Gasteiger partial charge in [-0.05, 0) is 55.6 Å². The Hall–Kier alpha value is -3.39.